The van der Waals surface area contributed by atoms with E-state index in [-0.39, 0.29) is 29.9 Å². The number of halogens is 4. The van der Waals surface area contributed by atoms with Crippen molar-refractivity contribution in [2.45, 2.75) is 19.1 Å². The molecular formula is C20H28F3IN6. The molecule has 1 atom stereocenters. The molecule has 1 fully saturated rings. The molecule has 1 aliphatic rings. The van der Waals surface area contributed by atoms with Crippen molar-refractivity contribution >= 4 is 29.9 Å². The Balaban J connectivity index is 0.00000320. The number of H-pyrrole nitrogens is 1. The fourth-order valence-electron chi connectivity index (χ4n) is 3.60. The van der Waals surface area contributed by atoms with Gasteiger partial charge in [0.15, 0.2) is 5.96 Å². The first-order chi connectivity index (χ1) is 13.8. The summed E-state index contributed by atoms with van der Waals surface area (Å²) in [4.78, 5) is 15.4. The first kappa shape index (κ1) is 24.4. The Kier molecular flexibility index (Phi) is 8.95. The van der Waals surface area contributed by atoms with Crippen LogP contribution >= 0.6 is 24.0 Å². The minimum absolute atomic E-state index is 0. The number of likely N-dealkylation sites (tertiary alicyclic amines) is 1. The molecule has 1 aromatic heterocycles. The molecule has 0 radical (unpaired) electrons. The van der Waals surface area contributed by atoms with Crippen LogP contribution in [0.3, 0.4) is 0 Å². The highest BCUT2D eigenvalue weighted by atomic mass is 127. The van der Waals surface area contributed by atoms with Gasteiger partial charge in [0, 0.05) is 27.2 Å². The lowest BCUT2D eigenvalue weighted by atomic mass is 10.1. The molecule has 1 aromatic carbocycles. The van der Waals surface area contributed by atoms with Gasteiger partial charge in [0.2, 0.25) is 0 Å². The number of aromatic amines is 1. The summed E-state index contributed by atoms with van der Waals surface area (Å²) < 4.78 is 37.6. The van der Waals surface area contributed by atoms with Crippen molar-refractivity contribution in [3.8, 4) is 11.3 Å². The Morgan fingerprint density at radius 3 is 2.73 bits per heavy atom. The number of aromatic nitrogens is 2. The fourth-order valence-corrected chi connectivity index (χ4v) is 3.60. The van der Waals surface area contributed by atoms with Crippen molar-refractivity contribution in [1.29, 1.82) is 0 Å². The highest BCUT2D eigenvalue weighted by Gasteiger charge is 2.34. The third-order valence-corrected chi connectivity index (χ3v) is 5.00. The predicted octanol–water partition coefficient (Wildman–Crippen LogP) is 3.59. The van der Waals surface area contributed by atoms with Crippen LogP contribution < -0.4 is 5.32 Å². The smallest absolute Gasteiger partial charge is 0.356 e. The molecule has 0 bridgehead atoms. The van der Waals surface area contributed by atoms with E-state index < -0.39 is 12.7 Å². The van der Waals surface area contributed by atoms with Crippen molar-refractivity contribution < 1.29 is 13.2 Å². The SMILES string of the molecule is CN=C(NCC1CCN(CC(F)(F)F)C1)N(C)Cc1ncc(-c2ccccc2)[nH]1.I. The van der Waals surface area contributed by atoms with Crippen LogP contribution in [0.4, 0.5) is 13.2 Å². The Hall–Kier alpha value is -1.82. The van der Waals surface area contributed by atoms with Gasteiger partial charge in [0.25, 0.3) is 0 Å². The molecule has 3 rings (SSSR count). The minimum atomic E-state index is -4.14. The summed E-state index contributed by atoms with van der Waals surface area (Å²) in [6.45, 7) is 1.23. The van der Waals surface area contributed by atoms with Gasteiger partial charge in [0.05, 0.1) is 25.0 Å². The number of imidazole rings is 1. The Labute approximate surface area is 192 Å². The normalized spacial score (nSPS) is 17.6. The van der Waals surface area contributed by atoms with Gasteiger partial charge in [-0.1, -0.05) is 30.3 Å². The van der Waals surface area contributed by atoms with Crippen LogP contribution in [0.1, 0.15) is 12.2 Å². The lowest BCUT2D eigenvalue weighted by Gasteiger charge is -2.23. The molecule has 2 N–H and O–H groups in total. The van der Waals surface area contributed by atoms with Gasteiger partial charge >= 0.3 is 6.18 Å². The monoisotopic (exact) mass is 536 g/mol. The molecule has 0 aliphatic carbocycles. The van der Waals surface area contributed by atoms with Crippen LogP contribution in [0.25, 0.3) is 11.3 Å². The first-order valence-corrected chi connectivity index (χ1v) is 9.64. The molecule has 2 heterocycles. The van der Waals surface area contributed by atoms with Gasteiger partial charge in [-0.2, -0.15) is 13.2 Å². The van der Waals surface area contributed by atoms with Crippen molar-refractivity contribution in [2.24, 2.45) is 10.9 Å². The highest BCUT2D eigenvalue weighted by Crippen LogP contribution is 2.22. The molecule has 10 heteroatoms. The summed E-state index contributed by atoms with van der Waals surface area (Å²) >= 11 is 0. The molecule has 0 saturated carbocycles. The third kappa shape index (κ3) is 7.15. The number of aliphatic imine (C=N–C) groups is 1. The largest absolute Gasteiger partial charge is 0.401 e. The lowest BCUT2D eigenvalue weighted by Crippen LogP contribution is -2.41. The Morgan fingerprint density at radius 2 is 2.07 bits per heavy atom. The van der Waals surface area contributed by atoms with E-state index in [1.807, 2.05) is 48.5 Å². The zero-order valence-electron chi connectivity index (χ0n) is 17.1. The average molecular weight is 536 g/mol. The van der Waals surface area contributed by atoms with Gasteiger partial charge in [-0.3, -0.25) is 9.89 Å². The van der Waals surface area contributed by atoms with Gasteiger partial charge in [0.1, 0.15) is 5.82 Å². The highest BCUT2D eigenvalue weighted by molar-refractivity contribution is 14.0. The Bertz CT molecular complexity index is 808. The number of hydrogen-bond donors (Lipinski definition) is 2. The average Bonchev–Trinajstić information content (AvgIpc) is 3.31. The van der Waals surface area contributed by atoms with E-state index in [1.165, 1.54) is 4.90 Å². The molecule has 1 saturated heterocycles. The number of nitrogens with one attached hydrogen (secondary N) is 2. The maximum Gasteiger partial charge on any atom is 0.401 e. The maximum absolute atomic E-state index is 12.5. The van der Waals surface area contributed by atoms with Crippen LogP contribution in [-0.4, -0.2) is 72.2 Å². The van der Waals surface area contributed by atoms with Gasteiger partial charge < -0.3 is 15.2 Å². The second-order valence-corrected chi connectivity index (χ2v) is 7.40. The molecule has 6 nitrogen and oxygen atoms in total. The summed E-state index contributed by atoms with van der Waals surface area (Å²) in [5, 5.41) is 3.28. The Morgan fingerprint density at radius 1 is 1.33 bits per heavy atom. The second kappa shape index (κ2) is 11.0. The van der Waals surface area contributed by atoms with Crippen LogP contribution in [0.2, 0.25) is 0 Å². The second-order valence-electron chi connectivity index (χ2n) is 7.40. The summed E-state index contributed by atoms with van der Waals surface area (Å²) in [6, 6.07) is 9.96. The molecule has 0 amide bonds. The minimum Gasteiger partial charge on any atom is -0.356 e. The molecular weight excluding hydrogens is 508 g/mol. The van der Waals surface area contributed by atoms with Gasteiger partial charge in [-0.15, -0.1) is 24.0 Å². The van der Waals surface area contributed by atoms with E-state index in [0.29, 0.717) is 32.1 Å². The van der Waals surface area contributed by atoms with Crippen LogP contribution in [0.5, 0.6) is 0 Å². The van der Waals surface area contributed by atoms with E-state index in [0.717, 1.165) is 23.5 Å². The van der Waals surface area contributed by atoms with Crippen molar-refractivity contribution in [1.82, 2.24) is 25.1 Å². The third-order valence-electron chi connectivity index (χ3n) is 5.00. The molecule has 1 unspecified atom stereocenters. The summed E-state index contributed by atoms with van der Waals surface area (Å²) in [5.74, 6) is 1.68. The van der Waals surface area contributed by atoms with Crippen LogP contribution in [0, 0.1) is 5.92 Å². The molecule has 1 aliphatic heterocycles. The van der Waals surface area contributed by atoms with E-state index in [9.17, 15) is 13.2 Å². The number of benzene rings is 1. The number of nitrogens with zero attached hydrogens (tertiary/aromatic N) is 4. The van der Waals surface area contributed by atoms with Crippen LogP contribution in [0.15, 0.2) is 41.5 Å². The van der Waals surface area contributed by atoms with Crippen molar-refractivity contribution in [2.75, 3.05) is 40.3 Å². The van der Waals surface area contributed by atoms with E-state index in [1.54, 1.807) is 7.05 Å². The predicted molar refractivity (Wildman–Crippen MR) is 123 cm³/mol. The van der Waals surface area contributed by atoms with Gasteiger partial charge in [-0.05, 0) is 24.4 Å². The van der Waals surface area contributed by atoms with E-state index >= 15 is 0 Å². The van der Waals surface area contributed by atoms with Crippen LogP contribution in [-0.2, 0) is 6.54 Å². The summed E-state index contributed by atoms with van der Waals surface area (Å²) in [7, 11) is 3.60. The van der Waals surface area contributed by atoms with E-state index in [2.05, 4.69) is 20.3 Å². The molecule has 30 heavy (non-hydrogen) atoms. The number of hydrogen-bond acceptors (Lipinski definition) is 3. The topological polar surface area (TPSA) is 59.6 Å². The van der Waals surface area contributed by atoms with Crippen molar-refractivity contribution in [3.05, 3.63) is 42.4 Å². The molecule has 0 spiro atoms. The quantitative estimate of drug-likeness (QED) is 0.337. The number of rotatable bonds is 6. The molecule has 166 valence electrons. The molecule has 2 aromatic rings. The van der Waals surface area contributed by atoms with E-state index in [4.69, 9.17) is 0 Å². The summed E-state index contributed by atoms with van der Waals surface area (Å²) in [5.41, 5.74) is 2.02. The fraction of sp³-hybridized carbons (Fsp3) is 0.500. The first-order valence-electron chi connectivity index (χ1n) is 9.64. The van der Waals surface area contributed by atoms with Crippen molar-refractivity contribution in [3.63, 3.8) is 0 Å². The zero-order chi connectivity index (χ0) is 20.9. The standard InChI is InChI=1S/C20H27F3N6.HI/c1-24-19(26-10-15-8-9-29(12-15)14-20(21,22)23)28(2)13-18-25-11-17(27-18)16-6-4-3-5-7-16;/h3-7,11,15H,8-10,12-14H2,1-2H3,(H,24,26)(H,25,27);1H. The number of guanidine groups is 1. The zero-order valence-corrected chi connectivity index (χ0v) is 19.4. The van der Waals surface area contributed by atoms with Gasteiger partial charge in [-0.25, -0.2) is 4.98 Å². The summed E-state index contributed by atoms with van der Waals surface area (Å²) in [6.07, 6.45) is -1.58. The number of alkyl halides is 3. The maximum atomic E-state index is 12.5. The lowest BCUT2D eigenvalue weighted by molar-refractivity contribution is -0.143.